The highest BCUT2D eigenvalue weighted by Gasteiger charge is 2.32. The molecule has 0 saturated heterocycles. The van der Waals surface area contributed by atoms with Crippen LogP contribution < -0.4 is 0 Å². The lowest BCUT2D eigenvalue weighted by Crippen LogP contribution is -2.42. The van der Waals surface area contributed by atoms with Gasteiger partial charge in [0.15, 0.2) is 5.78 Å². The standard InChI is InChI=1S/C17H36O8.C5H8O/c1-18-5-9-22-13-17(14-23-10-6-19-2,15-24-11-7-20-3)16-25-12-8-21-4;1-4(2)5(3)6/h5-16H2,1-4H3;1H2,2-3H3. The van der Waals surface area contributed by atoms with Crippen molar-refractivity contribution in [3.63, 3.8) is 0 Å². The second kappa shape index (κ2) is 23.7. The summed E-state index contributed by atoms with van der Waals surface area (Å²) in [7, 11) is 6.58. The average molecular weight is 453 g/mol. The van der Waals surface area contributed by atoms with E-state index < -0.39 is 5.41 Å². The Hall–Kier alpha value is -0.910. The Balaban J connectivity index is 0. The molecule has 9 heteroatoms. The molecule has 0 bridgehead atoms. The van der Waals surface area contributed by atoms with E-state index in [1.165, 1.54) is 6.92 Å². The number of ketones is 1. The molecule has 0 aromatic heterocycles. The van der Waals surface area contributed by atoms with Crippen LogP contribution in [-0.4, -0.2) is 114 Å². The van der Waals surface area contributed by atoms with Gasteiger partial charge in [-0.2, -0.15) is 0 Å². The highest BCUT2D eigenvalue weighted by Crippen LogP contribution is 2.21. The zero-order valence-electron chi connectivity index (χ0n) is 20.4. The second-order valence-corrected chi connectivity index (χ2v) is 7.02. The van der Waals surface area contributed by atoms with Gasteiger partial charge in [-0.25, -0.2) is 0 Å². The van der Waals surface area contributed by atoms with Crippen LogP contribution in [0.3, 0.4) is 0 Å². The number of Topliss-reactive ketones (excluding diaryl/α,β-unsaturated/α-hetero) is 1. The SMILES string of the molecule is C=C(C)C(C)=O.COCCOCC(COCCOC)(COCCOC)COCCOC. The van der Waals surface area contributed by atoms with Gasteiger partial charge < -0.3 is 37.9 Å². The van der Waals surface area contributed by atoms with Crippen molar-refractivity contribution >= 4 is 5.78 Å². The van der Waals surface area contributed by atoms with E-state index in [1.807, 2.05) is 0 Å². The number of hydrogen-bond acceptors (Lipinski definition) is 9. The fourth-order valence-corrected chi connectivity index (χ4v) is 1.97. The molecule has 0 rings (SSSR count). The molecule has 0 heterocycles. The van der Waals surface area contributed by atoms with Crippen molar-refractivity contribution < 1.29 is 42.7 Å². The van der Waals surface area contributed by atoms with Gasteiger partial charge in [0, 0.05) is 28.4 Å². The first kappa shape index (κ1) is 32.3. The molecule has 0 aromatic rings. The van der Waals surface area contributed by atoms with Crippen LogP contribution >= 0.6 is 0 Å². The molecule has 0 saturated carbocycles. The van der Waals surface area contributed by atoms with E-state index in [2.05, 4.69) is 6.58 Å². The molecule has 9 nitrogen and oxygen atoms in total. The van der Waals surface area contributed by atoms with Crippen molar-refractivity contribution in [2.75, 3.05) is 108 Å². The van der Waals surface area contributed by atoms with E-state index in [1.54, 1.807) is 35.4 Å². The Morgan fingerprint density at radius 1 is 0.581 bits per heavy atom. The van der Waals surface area contributed by atoms with Crippen LogP contribution in [0, 0.1) is 5.41 Å². The Kier molecular flexibility index (Phi) is 24.7. The summed E-state index contributed by atoms with van der Waals surface area (Å²) in [6.07, 6.45) is 0. The zero-order valence-corrected chi connectivity index (χ0v) is 20.4. The largest absolute Gasteiger partial charge is 0.382 e. The van der Waals surface area contributed by atoms with Crippen LogP contribution in [-0.2, 0) is 42.7 Å². The van der Waals surface area contributed by atoms with Crippen molar-refractivity contribution in [2.24, 2.45) is 5.41 Å². The first-order valence-corrected chi connectivity index (χ1v) is 10.3. The Bertz CT molecular complexity index is 350. The van der Waals surface area contributed by atoms with Crippen molar-refractivity contribution in [1.82, 2.24) is 0 Å². The minimum atomic E-state index is -0.414. The first-order valence-electron chi connectivity index (χ1n) is 10.3. The quantitative estimate of drug-likeness (QED) is 0.191. The van der Waals surface area contributed by atoms with Crippen molar-refractivity contribution in [1.29, 1.82) is 0 Å². The minimum Gasteiger partial charge on any atom is -0.382 e. The monoisotopic (exact) mass is 452 g/mol. The molecule has 0 aromatic carbocycles. The second-order valence-electron chi connectivity index (χ2n) is 7.02. The summed E-state index contributed by atoms with van der Waals surface area (Å²) in [5, 5.41) is 0. The third kappa shape index (κ3) is 22.1. The molecular formula is C22H44O9. The maximum absolute atomic E-state index is 10.0. The van der Waals surface area contributed by atoms with Crippen LogP contribution in [0.2, 0.25) is 0 Å². The Labute approximate surface area is 188 Å². The fraction of sp³-hybridized carbons (Fsp3) is 0.864. The Morgan fingerprint density at radius 2 is 0.806 bits per heavy atom. The molecule has 0 spiro atoms. The van der Waals surface area contributed by atoms with Gasteiger partial charge in [0.1, 0.15) is 0 Å². The fourth-order valence-electron chi connectivity index (χ4n) is 1.97. The van der Waals surface area contributed by atoms with Gasteiger partial charge in [-0.15, -0.1) is 0 Å². The van der Waals surface area contributed by atoms with E-state index in [0.29, 0.717) is 84.9 Å². The normalized spacial score (nSPS) is 11.2. The van der Waals surface area contributed by atoms with Crippen LogP contribution in [0.4, 0.5) is 0 Å². The maximum atomic E-state index is 10.0. The number of carbonyl (C=O) groups is 1. The maximum Gasteiger partial charge on any atom is 0.154 e. The van der Waals surface area contributed by atoms with Gasteiger partial charge in [0.25, 0.3) is 0 Å². The molecule has 0 radical (unpaired) electrons. The van der Waals surface area contributed by atoms with Crippen molar-refractivity contribution in [3.8, 4) is 0 Å². The summed E-state index contributed by atoms with van der Waals surface area (Å²) in [5.74, 6) is 0.0648. The van der Waals surface area contributed by atoms with Crippen LogP contribution in [0.5, 0.6) is 0 Å². The average Bonchev–Trinajstić information content (AvgIpc) is 2.75. The predicted molar refractivity (Wildman–Crippen MR) is 119 cm³/mol. The van der Waals surface area contributed by atoms with Crippen LogP contribution in [0.15, 0.2) is 12.2 Å². The van der Waals surface area contributed by atoms with Gasteiger partial charge in [-0.3, -0.25) is 4.79 Å². The smallest absolute Gasteiger partial charge is 0.154 e. The number of allylic oxidation sites excluding steroid dienone is 1. The molecule has 0 aliphatic heterocycles. The van der Waals surface area contributed by atoms with Gasteiger partial charge in [-0.1, -0.05) is 6.58 Å². The molecule has 31 heavy (non-hydrogen) atoms. The summed E-state index contributed by atoms with van der Waals surface area (Å²) in [4.78, 5) is 10.0. The lowest BCUT2D eigenvalue weighted by molar-refractivity contribution is -0.118. The molecule has 0 fully saturated rings. The van der Waals surface area contributed by atoms with Gasteiger partial charge in [0.2, 0.25) is 0 Å². The first-order chi connectivity index (χ1) is 14.9. The van der Waals surface area contributed by atoms with E-state index in [-0.39, 0.29) is 5.78 Å². The molecule has 0 N–H and O–H groups in total. The summed E-state index contributed by atoms with van der Waals surface area (Å²) in [6.45, 7) is 12.6. The lowest BCUT2D eigenvalue weighted by Gasteiger charge is -2.33. The highest BCUT2D eigenvalue weighted by molar-refractivity contribution is 5.91. The highest BCUT2D eigenvalue weighted by atomic mass is 16.6. The molecule has 0 aliphatic carbocycles. The van der Waals surface area contributed by atoms with Crippen molar-refractivity contribution in [2.45, 2.75) is 13.8 Å². The van der Waals surface area contributed by atoms with Crippen molar-refractivity contribution in [3.05, 3.63) is 12.2 Å². The lowest BCUT2D eigenvalue weighted by atomic mass is 9.92. The van der Waals surface area contributed by atoms with E-state index in [0.717, 1.165) is 0 Å². The van der Waals surface area contributed by atoms with Gasteiger partial charge in [-0.05, 0) is 19.4 Å². The zero-order chi connectivity index (χ0) is 23.8. The molecule has 186 valence electrons. The molecule has 0 unspecified atom stereocenters. The number of methoxy groups -OCH3 is 4. The third-order valence-electron chi connectivity index (χ3n) is 3.96. The Morgan fingerprint density at radius 3 is 0.968 bits per heavy atom. The summed E-state index contributed by atoms with van der Waals surface area (Å²) < 4.78 is 43.1. The molecule has 0 aliphatic rings. The summed E-state index contributed by atoms with van der Waals surface area (Å²) in [6, 6.07) is 0. The molecule has 0 atom stereocenters. The predicted octanol–water partition coefficient (Wildman–Crippen LogP) is 1.78. The van der Waals surface area contributed by atoms with E-state index in [4.69, 9.17) is 37.9 Å². The summed E-state index contributed by atoms with van der Waals surface area (Å²) >= 11 is 0. The number of carbonyl (C=O) groups excluding carboxylic acids is 1. The third-order valence-corrected chi connectivity index (χ3v) is 3.96. The summed E-state index contributed by atoms with van der Waals surface area (Å²) in [5.41, 5.74) is 0.207. The number of rotatable bonds is 21. The molecule has 0 amide bonds. The minimum absolute atomic E-state index is 0.0648. The topological polar surface area (TPSA) is 90.9 Å². The van der Waals surface area contributed by atoms with Gasteiger partial charge >= 0.3 is 0 Å². The van der Waals surface area contributed by atoms with E-state index in [9.17, 15) is 4.79 Å². The number of hydrogen-bond donors (Lipinski definition) is 0. The van der Waals surface area contributed by atoms with Crippen LogP contribution in [0.1, 0.15) is 13.8 Å². The molecular weight excluding hydrogens is 408 g/mol. The van der Waals surface area contributed by atoms with Gasteiger partial charge in [0.05, 0.1) is 84.7 Å². The van der Waals surface area contributed by atoms with Crippen LogP contribution in [0.25, 0.3) is 0 Å². The number of ether oxygens (including phenoxy) is 8. The van der Waals surface area contributed by atoms with E-state index >= 15 is 0 Å².